The highest BCUT2D eigenvalue weighted by atomic mass is 16.1. The molecule has 1 aliphatic rings. The number of aryl methyl sites for hydroxylation is 1. The van der Waals surface area contributed by atoms with Crippen LogP contribution in [0.4, 0.5) is 5.82 Å². The lowest BCUT2D eigenvalue weighted by atomic mass is 10.0. The Morgan fingerprint density at radius 2 is 1.77 bits per heavy atom. The highest BCUT2D eigenvalue weighted by Gasteiger charge is 2.18. The number of likely N-dealkylation sites (N-methyl/N-ethyl adjacent to an activating group) is 1. The molecule has 4 nitrogen and oxygen atoms in total. The first-order valence-corrected chi connectivity index (χ1v) is 7.65. The number of carbonyl (C=O) groups is 1. The van der Waals surface area contributed by atoms with Crippen molar-refractivity contribution in [1.82, 2.24) is 9.88 Å². The van der Waals surface area contributed by atoms with Gasteiger partial charge in [0.1, 0.15) is 5.82 Å². The first kappa shape index (κ1) is 14.7. The van der Waals surface area contributed by atoms with E-state index in [0.29, 0.717) is 11.1 Å². The second-order valence-corrected chi connectivity index (χ2v) is 5.84. The molecule has 22 heavy (non-hydrogen) atoms. The van der Waals surface area contributed by atoms with Gasteiger partial charge in [0.25, 0.3) is 0 Å². The minimum Gasteiger partial charge on any atom is -0.354 e. The zero-order valence-corrected chi connectivity index (χ0v) is 13.1. The van der Waals surface area contributed by atoms with Crippen molar-refractivity contribution in [1.29, 1.82) is 0 Å². The van der Waals surface area contributed by atoms with Gasteiger partial charge in [-0.15, -0.1) is 0 Å². The maximum absolute atomic E-state index is 12.5. The van der Waals surface area contributed by atoms with Gasteiger partial charge in [0, 0.05) is 43.5 Å². The molecular weight excluding hydrogens is 274 g/mol. The van der Waals surface area contributed by atoms with Crippen LogP contribution >= 0.6 is 0 Å². The van der Waals surface area contributed by atoms with E-state index in [-0.39, 0.29) is 5.78 Å². The molecule has 1 saturated heterocycles. The first-order chi connectivity index (χ1) is 10.6. The normalized spacial score (nSPS) is 15.8. The molecule has 0 radical (unpaired) electrons. The molecule has 0 atom stereocenters. The third-order valence-corrected chi connectivity index (χ3v) is 4.20. The number of benzene rings is 1. The van der Waals surface area contributed by atoms with E-state index in [4.69, 9.17) is 0 Å². The number of anilines is 1. The van der Waals surface area contributed by atoms with Gasteiger partial charge >= 0.3 is 0 Å². The lowest BCUT2D eigenvalue weighted by Gasteiger charge is -2.33. The van der Waals surface area contributed by atoms with Crippen LogP contribution in [0.3, 0.4) is 0 Å². The Morgan fingerprint density at radius 1 is 1.09 bits per heavy atom. The SMILES string of the molecule is Cc1cc(N2CCN(C)CC2)ncc1C(=O)c1ccccc1. The quantitative estimate of drug-likeness (QED) is 0.815. The van der Waals surface area contributed by atoms with Crippen LogP contribution in [0.15, 0.2) is 42.6 Å². The summed E-state index contributed by atoms with van der Waals surface area (Å²) < 4.78 is 0. The van der Waals surface area contributed by atoms with E-state index >= 15 is 0 Å². The number of pyridine rings is 1. The Labute approximate surface area is 131 Å². The number of piperazine rings is 1. The molecule has 0 amide bonds. The van der Waals surface area contributed by atoms with E-state index in [1.54, 1.807) is 6.20 Å². The molecule has 2 aromatic rings. The van der Waals surface area contributed by atoms with E-state index in [0.717, 1.165) is 37.6 Å². The maximum atomic E-state index is 12.5. The lowest BCUT2D eigenvalue weighted by molar-refractivity contribution is 0.103. The summed E-state index contributed by atoms with van der Waals surface area (Å²) in [4.78, 5) is 21.7. The molecule has 3 rings (SSSR count). The minimum atomic E-state index is 0.0375. The van der Waals surface area contributed by atoms with Gasteiger partial charge in [-0.3, -0.25) is 4.79 Å². The summed E-state index contributed by atoms with van der Waals surface area (Å²) in [5.41, 5.74) is 2.38. The molecule has 0 saturated carbocycles. The van der Waals surface area contributed by atoms with Gasteiger partial charge in [-0.25, -0.2) is 4.98 Å². The summed E-state index contributed by atoms with van der Waals surface area (Å²) in [6.45, 7) is 6.04. The van der Waals surface area contributed by atoms with Crippen LogP contribution in [0.2, 0.25) is 0 Å². The molecule has 1 aliphatic heterocycles. The van der Waals surface area contributed by atoms with Gasteiger partial charge in [0.15, 0.2) is 5.78 Å². The Kier molecular flexibility index (Phi) is 4.20. The van der Waals surface area contributed by atoms with Crippen LogP contribution in [0.1, 0.15) is 21.5 Å². The predicted octanol–water partition coefficient (Wildman–Crippen LogP) is 2.37. The van der Waals surface area contributed by atoms with Crippen molar-refractivity contribution >= 4 is 11.6 Å². The fourth-order valence-corrected chi connectivity index (χ4v) is 2.73. The van der Waals surface area contributed by atoms with Crippen LogP contribution in [-0.4, -0.2) is 48.9 Å². The molecule has 4 heteroatoms. The van der Waals surface area contributed by atoms with Crippen LogP contribution < -0.4 is 4.90 Å². The molecule has 0 N–H and O–H groups in total. The third-order valence-electron chi connectivity index (χ3n) is 4.20. The summed E-state index contributed by atoms with van der Waals surface area (Å²) in [7, 11) is 2.14. The van der Waals surface area contributed by atoms with E-state index < -0.39 is 0 Å². The van der Waals surface area contributed by atoms with Crippen molar-refractivity contribution in [2.24, 2.45) is 0 Å². The van der Waals surface area contributed by atoms with Gasteiger partial charge in [-0.05, 0) is 25.6 Å². The van der Waals surface area contributed by atoms with Gasteiger partial charge in [0.2, 0.25) is 0 Å². The first-order valence-electron chi connectivity index (χ1n) is 7.65. The highest BCUT2D eigenvalue weighted by molar-refractivity contribution is 6.09. The molecule has 1 aromatic carbocycles. The van der Waals surface area contributed by atoms with Crippen LogP contribution in [-0.2, 0) is 0 Å². The number of ketones is 1. The summed E-state index contributed by atoms with van der Waals surface area (Å²) in [5.74, 6) is 1.01. The monoisotopic (exact) mass is 295 g/mol. The summed E-state index contributed by atoms with van der Waals surface area (Å²) in [6.07, 6.45) is 1.72. The van der Waals surface area contributed by atoms with Crippen LogP contribution in [0.25, 0.3) is 0 Å². The molecule has 114 valence electrons. The number of nitrogens with zero attached hydrogens (tertiary/aromatic N) is 3. The predicted molar refractivity (Wildman–Crippen MR) is 88.6 cm³/mol. The largest absolute Gasteiger partial charge is 0.354 e. The average molecular weight is 295 g/mol. The van der Waals surface area contributed by atoms with Crippen molar-refractivity contribution in [3.05, 3.63) is 59.3 Å². The Morgan fingerprint density at radius 3 is 2.41 bits per heavy atom. The molecule has 1 fully saturated rings. The highest BCUT2D eigenvalue weighted by Crippen LogP contribution is 2.19. The lowest BCUT2D eigenvalue weighted by Crippen LogP contribution is -2.44. The van der Waals surface area contributed by atoms with E-state index in [9.17, 15) is 4.79 Å². The van der Waals surface area contributed by atoms with Gasteiger partial charge < -0.3 is 9.80 Å². The van der Waals surface area contributed by atoms with Crippen molar-refractivity contribution in [2.75, 3.05) is 38.1 Å². The Balaban J connectivity index is 1.82. The molecule has 2 heterocycles. The molecule has 0 aliphatic carbocycles. The molecule has 1 aromatic heterocycles. The van der Waals surface area contributed by atoms with Crippen LogP contribution in [0, 0.1) is 6.92 Å². The number of carbonyl (C=O) groups excluding carboxylic acids is 1. The summed E-state index contributed by atoms with van der Waals surface area (Å²) in [5, 5.41) is 0. The molecule has 0 bridgehead atoms. The summed E-state index contributed by atoms with van der Waals surface area (Å²) >= 11 is 0. The second-order valence-electron chi connectivity index (χ2n) is 5.84. The van der Waals surface area contributed by atoms with E-state index in [1.165, 1.54) is 0 Å². The molecule has 0 spiro atoms. The zero-order valence-electron chi connectivity index (χ0n) is 13.1. The van der Waals surface area contributed by atoms with Gasteiger partial charge in [0.05, 0.1) is 0 Å². The van der Waals surface area contributed by atoms with E-state index in [2.05, 4.69) is 21.8 Å². The van der Waals surface area contributed by atoms with Crippen molar-refractivity contribution in [3.8, 4) is 0 Å². The standard InChI is InChI=1S/C18H21N3O/c1-14-12-17(21-10-8-20(2)9-11-21)19-13-16(14)18(22)15-6-4-3-5-7-15/h3-7,12-13H,8-11H2,1-2H3. The number of hydrogen-bond acceptors (Lipinski definition) is 4. The molecular formula is C18H21N3O. The fourth-order valence-electron chi connectivity index (χ4n) is 2.73. The average Bonchev–Trinajstić information content (AvgIpc) is 2.56. The van der Waals surface area contributed by atoms with Gasteiger partial charge in [-0.1, -0.05) is 30.3 Å². The van der Waals surface area contributed by atoms with E-state index in [1.807, 2.05) is 43.3 Å². The molecule has 0 unspecified atom stereocenters. The Bertz CT molecular complexity index is 661. The zero-order chi connectivity index (χ0) is 15.5. The minimum absolute atomic E-state index is 0.0375. The number of aromatic nitrogens is 1. The van der Waals surface area contributed by atoms with Crippen molar-refractivity contribution < 1.29 is 4.79 Å². The van der Waals surface area contributed by atoms with Crippen molar-refractivity contribution in [3.63, 3.8) is 0 Å². The number of rotatable bonds is 3. The second kappa shape index (κ2) is 6.28. The third kappa shape index (κ3) is 3.02. The Hall–Kier alpha value is -2.20. The number of hydrogen-bond donors (Lipinski definition) is 0. The maximum Gasteiger partial charge on any atom is 0.194 e. The topological polar surface area (TPSA) is 36.4 Å². The van der Waals surface area contributed by atoms with Crippen molar-refractivity contribution in [2.45, 2.75) is 6.92 Å². The van der Waals surface area contributed by atoms with Crippen LogP contribution in [0.5, 0.6) is 0 Å². The van der Waals surface area contributed by atoms with Gasteiger partial charge in [-0.2, -0.15) is 0 Å². The smallest absolute Gasteiger partial charge is 0.194 e. The fraction of sp³-hybridized carbons (Fsp3) is 0.333. The summed E-state index contributed by atoms with van der Waals surface area (Å²) in [6, 6.07) is 11.4.